The van der Waals surface area contributed by atoms with Crippen LogP contribution in [0.4, 0.5) is 5.69 Å². The molecule has 2 heterocycles. The molecular formula is C16H24ClN5O3. The lowest BCUT2D eigenvalue weighted by atomic mass is 10.1. The predicted molar refractivity (Wildman–Crippen MR) is 97.0 cm³/mol. The lowest BCUT2D eigenvalue weighted by molar-refractivity contribution is -0.385. The number of hydrogen-bond acceptors (Lipinski definition) is 6. The molecule has 9 heteroatoms. The molecule has 2 aliphatic heterocycles. The van der Waals surface area contributed by atoms with E-state index in [9.17, 15) is 14.9 Å². The third kappa shape index (κ3) is 4.66. The zero-order valence-corrected chi connectivity index (χ0v) is 14.8. The number of piperazine rings is 1. The van der Waals surface area contributed by atoms with Gasteiger partial charge >= 0.3 is 0 Å². The molecule has 1 aromatic rings. The van der Waals surface area contributed by atoms with Crippen LogP contribution in [0, 0.1) is 10.1 Å². The first-order valence-electron chi connectivity index (χ1n) is 8.29. The molecule has 0 aliphatic carbocycles. The standard InChI is InChI=1S/C16H23N5O3.ClH/c17-16(22)12-1-2-13(15(9-12)21(23)24)11-19-5-7-20(8-6-19)14-3-4-18-10-14;/h1-2,9,14,18H,3-8,10-11H2,(H2,17,22);1H. The molecular weight excluding hydrogens is 346 g/mol. The van der Waals surface area contributed by atoms with Gasteiger partial charge in [0.1, 0.15) is 0 Å². The van der Waals surface area contributed by atoms with Gasteiger partial charge in [0.15, 0.2) is 0 Å². The monoisotopic (exact) mass is 369 g/mol. The fraction of sp³-hybridized carbons (Fsp3) is 0.562. The fourth-order valence-electron chi connectivity index (χ4n) is 3.50. The maximum absolute atomic E-state index is 11.3. The molecule has 1 aromatic carbocycles. The van der Waals surface area contributed by atoms with E-state index in [1.807, 2.05) is 0 Å². The summed E-state index contributed by atoms with van der Waals surface area (Å²) in [5.74, 6) is -0.650. The minimum absolute atomic E-state index is 0. The average Bonchev–Trinajstić information content (AvgIpc) is 3.10. The first kappa shape index (κ1) is 19.6. The molecule has 1 amide bonds. The molecule has 25 heavy (non-hydrogen) atoms. The van der Waals surface area contributed by atoms with Crippen LogP contribution in [-0.2, 0) is 6.54 Å². The van der Waals surface area contributed by atoms with Crippen molar-refractivity contribution in [1.29, 1.82) is 0 Å². The van der Waals surface area contributed by atoms with Crippen LogP contribution in [0.15, 0.2) is 18.2 Å². The van der Waals surface area contributed by atoms with Crippen molar-refractivity contribution in [3.05, 3.63) is 39.4 Å². The summed E-state index contributed by atoms with van der Waals surface area (Å²) in [5.41, 5.74) is 5.97. The number of primary amides is 1. The van der Waals surface area contributed by atoms with E-state index in [1.54, 1.807) is 12.1 Å². The van der Waals surface area contributed by atoms with Gasteiger partial charge in [-0.1, -0.05) is 6.07 Å². The zero-order chi connectivity index (χ0) is 17.1. The van der Waals surface area contributed by atoms with E-state index in [2.05, 4.69) is 15.1 Å². The highest BCUT2D eigenvalue weighted by molar-refractivity contribution is 5.93. The number of halogens is 1. The van der Waals surface area contributed by atoms with Crippen molar-refractivity contribution in [3.8, 4) is 0 Å². The summed E-state index contributed by atoms with van der Waals surface area (Å²) >= 11 is 0. The van der Waals surface area contributed by atoms with E-state index >= 15 is 0 Å². The fourth-order valence-corrected chi connectivity index (χ4v) is 3.50. The second-order valence-electron chi connectivity index (χ2n) is 6.42. The van der Waals surface area contributed by atoms with Gasteiger partial charge in [-0.25, -0.2) is 0 Å². The number of carbonyl (C=O) groups excluding carboxylic acids is 1. The first-order chi connectivity index (χ1) is 11.5. The molecule has 1 atom stereocenters. The molecule has 0 saturated carbocycles. The van der Waals surface area contributed by atoms with E-state index in [-0.39, 0.29) is 23.7 Å². The highest BCUT2D eigenvalue weighted by Crippen LogP contribution is 2.23. The number of nitrogens with one attached hydrogen (secondary N) is 1. The van der Waals surface area contributed by atoms with Gasteiger partial charge in [-0.2, -0.15) is 0 Å². The summed E-state index contributed by atoms with van der Waals surface area (Å²) in [4.78, 5) is 26.8. The Hall–Kier alpha value is -1.74. The molecule has 1 unspecified atom stereocenters. The van der Waals surface area contributed by atoms with Gasteiger partial charge in [0, 0.05) is 62.5 Å². The molecule has 0 spiro atoms. The average molecular weight is 370 g/mol. The number of nitrogens with zero attached hydrogens (tertiary/aromatic N) is 3. The molecule has 2 aliphatic rings. The number of benzene rings is 1. The van der Waals surface area contributed by atoms with E-state index in [0.717, 1.165) is 39.3 Å². The quantitative estimate of drug-likeness (QED) is 0.581. The lowest BCUT2D eigenvalue weighted by Crippen LogP contribution is -2.50. The van der Waals surface area contributed by atoms with Gasteiger partial charge < -0.3 is 11.1 Å². The first-order valence-corrected chi connectivity index (χ1v) is 8.29. The summed E-state index contributed by atoms with van der Waals surface area (Å²) < 4.78 is 0. The number of carbonyl (C=O) groups is 1. The molecule has 3 N–H and O–H groups in total. The van der Waals surface area contributed by atoms with E-state index in [1.165, 1.54) is 12.5 Å². The van der Waals surface area contributed by atoms with Gasteiger partial charge in [0.2, 0.25) is 5.91 Å². The number of nitro groups is 1. The van der Waals surface area contributed by atoms with Gasteiger partial charge in [-0.15, -0.1) is 12.4 Å². The summed E-state index contributed by atoms with van der Waals surface area (Å²) in [6, 6.07) is 5.10. The second kappa shape index (κ2) is 8.57. The van der Waals surface area contributed by atoms with Gasteiger partial charge in [0.25, 0.3) is 5.69 Å². The minimum atomic E-state index is -0.650. The highest BCUT2D eigenvalue weighted by Gasteiger charge is 2.27. The summed E-state index contributed by atoms with van der Waals surface area (Å²) in [6.45, 7) is 6.42. The Kier molecular flexibility index (Phi) is 6.71. The maximum atomic E-state index is 11.3. The Morgan fingerprint density at radius 2 is 2.04 bits per heavy atom. The number of rotatable bonds is 5. The van der Waals surface area contributed by atoms with Gasteiger partial charge in [-0.3, -0.25) is 24.7 Å². The molecule has 2 saturated heterocycles. The van der Waals surface area contributed by atoms with Crippen molar-refractivity contribution < 1.29 is 9.72 Å². The number of amides is 1. The Labute approximate surface area is 152 Å². The predicted octanol–water partition coefficient (Wildman–Crippen LogP) is 0.595. The molecule has 0 radical (unpaired) electrons. The number of nitro benzene ring substituents is 1. The van der Waals surface area contributed by atoms with Crippen LogP contribution >= 0.6 is 12.4 Å². The topological polar surface area (TPSA) is 105 Å². The molecule has 0 bridgehead atoms. The molecule has 138 valence electrons. The largest absolute Gasteiger partial charge is 0.366 e. The number of nitrogens with two attached hydrogens (primary N) is 1. The molecule has 8 nitrogen and oxygen atoms in total. The summed E-state index contributed by atoms with van der Waals surface area (Å²) in [7, 11) is 0. The minimum Gasteiger partial charge on any atom is -0.366 e. The highest BCUT2D eigenvalue weighted by atomic mass is 35.5. The number of hydrogen-bond donors (Lipinski definition) is 2. The molecule has 0 aromatic heterocycles. The third-order valence-electron chi connectivity index (χ3n) is 4.92. The van der Waals surface area contributed by atoms with E-state index < -0.39 is 10.8 Å². The van der Waals surface area contributed by atoms with E-state index in [4.69, 9.17) is 5.73 Å². The van der Waals surface area contributed by atoms with Crippen molar-refractivity contribution >= 4 is 24.0 Å². The van der Waals surface area contributed by atoms with Crippen molar-refractivity contribution in [2.75, 3.05) is 39.3 Å². The van der Waals surface area contributed by atoms with Gasteiger partial charge in [0.05, 0.1) is 4.92 Å². The maximum Gasteiger partial charge on any atom is 0.274 e. The zero-order valence-electron chi connectivity index (χ0n) is 14.0. The normalized spacial score (nSPS) is 21.7. The Balaban J connectivity index is 0.00000225. The van der Waals surface area contributed by atoms with Crippen molar-refractivity contribution in [2.45, 2.75) is 19.0 Å². The van der Waals surface area contributed by atoms with E-state index in [0.29, 0.717) is 18.2 Å². The van der Waals surface area contributed by atoms with Crippen LogP contribution in [0.2, 0.25) is 0 Å². The lowest BCUT2D eigenvalue weighted by Gasteiger charge is -2.37. The SMILES string of the molecule is Cl.NC(=O)c1ccc(CN2CCN(C3CCNC3)CC2)c([N+](=O)[O-])c1. The van der Waals surface area contributed by atoms with Crippen LogP contribution < -0.4 is 11.1 Å². The Bertz CT molecular complexity index is 628. The van der Waals surface area contributed by atoms with Crippen molar-refractivity contribution in [1.82, 2.24) is 15.1 Å². The van der Waals surface area contributed by atoms with Crippen LogP contribution in [0.25, 0.3) is 0 Å². The van der Waals surface area contributed by atoms with Crippen molar-refractivity contribution in [2.24, 2.45) is 5.73 Å². The molecule has 2 fully saturated rings. The molecule has 3 rings (SSSR count). The van der Waals surface area contributed by atoms with Crippen LogP contribution in [0.1, 0.15) is 22.3 Å². The van der Waals surface area contributed by atoms with Crippen LogP contribution in [0.3, 0.4) is 0 Å². The van der Waals surface area contributed by atoms with Crippen LogP contribution in [-0.4, -0.2) is 65.9 Å². The third-order valence-corrected chi connectivity index (χ3v) is 4.92. The smallest absolute Gasteiger partial charge is 0.274 e. The Morgan fingerprint density at radius 3 is 2.60 bits per heavy atom. The van der Waals surface area contributed by atoms with Crippen LogP contribution in [0.5, 0.6) is 0 Å². The Morgan fingerprint density at radius 1 is 1.32 bits per heavy atom. The summed E-state index contributed by atoms with van der Waals surface area (Å²) in [6.07, 6.45) is 1.19. The van der Waals surface area contributed by atoms with Crippen molar-refractivity contribution in [3.63, 3.8) is 0 Å². The van der Waals surface area contributed by atoms with Gasteiger partial charge in [-0.05, 0) is 19.0 Å². The second-order valence-corrected chi connectivity index (χ2v) is 6.42. The summed E-state index contributed by atoms with van der Waals surface area (Å²) in [5, 5.41) is 14.7.